The van der Waals surface area contributed by atoms with Crippen LogP contribution in [-0.4, -0.2) is 23.5 Å². The summed E-state index contributed by atoms with van der Waals surface area (Å²) in [5, 5.41) is 12.1. The molecule has 1 amide bonds. The van der Waals surface area contributed by atoms with Crippen LogP contribution in [0.15, 0.2) is 24.3 Å². The molecular formula is C16H21NO3. The van der Waals surface area contributed by atoms with E-state index in [2.05, 4.69) is 5.32 Å². The third-order valence-electron chi connectivity index (χ3n) is 4.06. The topological polar surface area (TPSA) is 66.4 Å². The van der Waals surface area contributed by atoms with Crippen LogP contribution in [0.3, 0.4) is 0 Å². The summed E-state index contributed by atoms with van der Waals surface area (Å²) in [5.74, 6) is -1.13. The van der Waals surface area contributed by atoms with Gasteiger partial charge >= 0.3 is 5.97 Å². The van der Waals surface area contributed by atoms with Crippen LogP contribution in [0.2, 0.25) is 0 Å². The molecule has 108 valence electrons. The van der Waals surface area contributed by atoms with Crippen LogP contribution in [0.4, 0.5) is 0 Å². The molecule has 2 atom stereocenters. The predicted molar refractivity (Wildman–Crippen MR) is 76.6 cm³/mol. The maximum absolute atomic E-state index is 12.0. The number of carboxylic acids is 1. The Labute approximate surface area is 119 Å². The van der Waals surface area contributed by atoms with Crippen molar-refractivity contribution in [1.82, 2.24) is 5.32 Å². The van der Waals surface area contributed by atoms with E-state index < -0.39 is 5.97 Å². The fourth-order valence-electron chi connectivity index (χ4n) is 2.81. The standard InChI is InChI=1S/C16H21NO3/c1-11-6-8-12(9-7-11)15(18)17-10-13-4-2-3-5-14(13)16(19)20/h6-9,13-14H,2-5,10H2,1H3,(H,17,18)(H,19,20)/t13-,14-/m0/s1. The third-order valence-corrected chi connectivity index (χ3v) is 4.06. The number of carboxylic acid groups (broad SMARTS) is 1. The number of benzene rings is 1. The summed E-state index contributed by atoms with van der Waals surface area (Å²) >= 11 is 0. The number of rotatable bonds is 4. The molecule has 1 saturated carbocycles. The van der Waals surface area contributed by atoms with Crippen LogP contribution < -0.4 is 5.32 Å². The molecular weight excluding hydrogens is 254 g/mol. The molecule has 0 aromatic heterocycles. The second-order valence-corrected chi connectivity index (χ2v) is 5.57. The van der Waals surface area contributed by atoms with Crippen LogP contribution in [0.1, 0.15) is 41.6 Å². The average molecular weight is 275 g/mol. The first-order valence-corrected chi connectivity index (χ1v) is 7.15. The van der Waals surface area contributed by atoms with Gasteiger partial charge in [-0.15, -0.1) is 0 Å². The number of carbonyl (C=O) groups excluding carboxylic acids is 1. The Bertz CT molecular complexity index is 481. The van der Waals surface area contributed by atoms with E-state index in [-0.39, 0.29) is 17.7 Å². The lowest BCUT2D eigenvalue weighted by atomic mass is 9.79. The molecule has 0 heterocycles. The van der Waals surface area contributed by atoms with Crippen molar-refractivity contribution in [2.75, 3.05) is 6.54 Å². The van der Waals surface area contributed by atoms with Gasteiger partial charge in [-0.25, -0.2) is 0 Å². The summed E-state index contributed by atoms with van der Waals surface area (Å²) in [6.07, 6.45) is 3.62. The molecule has 1 aromatic rings. The van der Waals surface area contributed by atoms with Crippen LogP contribution >= 0.6 is 0 Å². The molecule has 0 bridgehead atoms. The summed E-state index contributed by atoms with van der Waals surface area (Å²) in [7, 11) is 0. The monoisotopic (exact) mass is 275 g/mol. The van der Waals surface area contributed by atoms with Gasteiger partial charge < -0.3 is 10.4 Å². The zero-order valence-corrected chi connectivity index (χ0v) is 11.8. The van der Waals surface area contributed by atoms with E-state index in [0.29, 0.717) is 12.1 Å². The number of carbonyl (C=O) groups is 2. The molecule has 0 spiro atoms. The molecule has 1 aliphatic carbocycles. The fraction of sp³-hybridized carbons (Fsp3) is 0.500. The number of hydrogen-bond acceptors (Lipinski definition) is 2. The first kappa shape index (κ1) is 14.6. The van der Waals surface area contributed by atoms with E-state index in [1.807, 2.05) is 19.1 Å². The highest BCUT2D eigenvalue weighted by atomic mass is 16.4. The van der Waals surface area contributed by atoms with E-state index in [1.54, 1.807) is 12.1 Å². The second-order valence-electron chi connectivity index (χ2n) is 5.57. The Kier molecular flexibility index (Phi) is 4.77. The smallest absolute Gasteiger partial charge is 0.306 e. The van der Waals surface area contributed by atoms with Crippen molar-refractivity contribution in [2.24, 2.45) is 11.8 Å². The van der Waals surface area contributed by atoms with Gasteiger partial charge in [-0.3, -0.25) is 9.59 Å². The average Bonchev–Trinajstić information content (AvgIpc) is 2.45. The van der Waals surface area contributed by atoms with Crippen LogP contribution in [0.25, 0.3) is 0 Å². The molecule has 4 heteroatoms. The van der Waals surface area contributed by atoms with Gasteiger partial charge in [0.15, 0.2) is 0 Å². The van der Waals surface area contributed by atoms with Gasteiger partial charge in [-0.1, -0.05) is 30.5 Å². The lowest BCUT2D eigenvalue weighted by Gasteiger charge is -2.28. The van der Waals surface area contributed by atoms with Crippen molar-refractivity contribution in [3.63, 3.8) is 0 Å². The van der Waals surface area contributed by atoms with Crippen LogP contribution in [0, 0.1) is 18.8 Å². The molecule has 0 saturated heterocycles. The maximum atomic E-state index is 12.0. The lowest BCUT2D eigenvalue weighted by molar-refractivity contribution is -0.144. The molecule has 20 heavy (non-hydrogen) atoms. The summed E-state index contributed by atoms with van der Waals surface area (Å²) in [4.78, 5) is 23.2. The van der Waals surface area contributed by atoms with E-state index in [4.69, 9.17) is 0 Å². The number of hydrogen-bond donors (Lipinski definition) is 2. The lowest BCUT2D eigenvalue weighted by Crippen LogP contribution is -2.37. The van der Waals surface area contributed by atoms with Crippen molar-refractivity contribution < 1.29 is 14.7 Å². The van der Waals surface area contributed by atoms with E-state index in [0.717, 1.165) is 31.2 Å². The molecule has 4 nitrogen and oxygen atoms in total. The number of aliphatic carboxylic acids is 1. The van der Waals surface area contributed by atoms with Gasteiger partial charge in [0.25, 0.3) is 5.91 Å². The number of amides is 1. The summed E-state index contributed by atoms with van der Waals surface area (Å²) in [5.41, 5.74) is 1.73. The van der Waals surface area contributed by atoms with Crippen LogP contribution in [-0.2, 0) is 4.79 Å². The Hall–Kier alpha value is -1.84. The van der Waals surface area contributed by atoms with Gasteiger partial charge in [0.1, 0.15) is 0 Å². The fourth-order valence-corrected chi connectivity index (χ4v) is 2.81. The Balaban J connectivity index is 1.91. The van der Waals surface area contributed by atoms with Crippen molar-refractivity contribution in [3.8, 4) is 0 Å². The molecule has 2 N–H and O–H groups in total. The zero-order chi connectivity index (χ0) is 14.5. The Morgan fingerprint density at radius 3 is 2.50 bits per heavy atom. The number of aryl methyl sites for hydroxylation is 1. The highest BCUT2D eigenvalue weighted by Gasteiger charge is 2.30. The molecule has 2 rings (SSSR count). The van der Waals surface area contributed by atoms with Gasteiger partial charge in [-0.2, -0.15) is 0 Å². The maximum Gasteiger partial charge on any atom is 0.306 e. The number of nitrogens with one attached hydrogen (secondary N) is 1. The quantitative estimate of drug-likeness (QED) is 0.887. The van der Waals surface area contributed by atoms with Crippen molar-refractivity contribution in [2.45, 2.75) is 32.6 Å². The van der Waals surface area contributed by atoms with Crippen molar-refractivity contribution in [1.29, 1.82) is 0 Å². The molecule has 0 aliphatic heterocycles. The van der Waals surface area contributed by atoms with Gasteiger partial charge in [-0.05, 0) is 37.8 Å². The Morgan fingerprint density at radius 2 is 1.85 bits per heavy atom. The minimum atomic E-state index is -0.737. The van der Waals surface area contributed by atoms with Crippen molar-refractivity contribution in [3.05, 3.63) is 35.4 Å². The molecule has 1 aromatic carbocycles. The van der Waals surface area contributed by atoms with Crippen molar-refractivity contribution >= 4 is 11.9 Å². The molecule has 0 radical (unpaired) electrons. The van der Waals surface area contributed by atoms with Crippen LogP contribution in [0.5, 0.6) is 0 Å². The molecule has 0 unspecified atom stereocenters. The van der Waals surface area contributed by atoms with E-state index in [9.17, 15) is 14.7 Å². The van der Waals surface area contributed by atoms with Gasteiger partial charge in [0, 0.05) is 12.1 Å². The zero-order valence-electron chi connectivity index (χ0n) is 11.8. The second kappa shape index (κ2) is 6.55. The largest absolute Gasteiger partial charge is 0.481 e. The van der Waals surface area contributed by atoms with E-state index in [1.165, 1.54) is 0 Å². The minimum absolute atomic E-state index is 0.0515. The first-order chi connectivity index (χ1) is 9.58. The molecule has 1 fully saturated rings. The highest BCUT2D eigenvalue weighted by Crippen LogP contribution is 2.29. The van der Waals surface area contributed by atoms with Gasteiger partial charge in [0.05, 0.1) is 5.92 Å². The third kappa shape index (κ3) is 3.59. The summed E-state index contributed by atoms with van der Waals surface area (Å²) in [6, 6.07) is 7.38. The first-order valence-electron chi connectivity index (χ1n) is 7.15. The summed E-state index contributed by atoms with van der Waals surface area (Å²) in [6.45, 7) is 2.42. The summed E-state index contributed by atoms with van der Waals surface area (Å²) < 4.78 is 0. The minimum Gasteiger partial charge on any atom is -0.481 e. The SMILES string of the molecule is Cc1ccc(C(=O)NC[C@@H]2CCCC[C@@H]2C(=O)O)cc1. The molecule has 1 aliphatic rings. The normalized spacial score (nSPS) is 22.2. The predicted octanol–water partition coefficient (Wildman–Crippen LogP) is 2.62. The van der Waals surface area contributed by atoms with E-state index >= 15 is 0 Å². The Morgan fingerprint density at radius 1 is 1.20 bits per heavy atom. The highest BCUT2D eigenvalue weighted by molar-refractivity contribution is 5.94. The van der Waals surface area contributed by atoms with Gasteiger partial charge in [0.2, 0.25) is 0 Å².